The summed E-state index contributed by atoms with van der Waals surface area (Å²) in [4.78, 5) is 38.2. The minimum absolute atomic E-state index is 0.0544. The van der Waals surface area contributed by atoms with E-state index in [1.165, 1.54) is 0 Å². The van der Waals surface area contributed by atoms with Gasteiger partial charge in [0, 0.05) is 24.4 Å². The van der Waals surface area contributed by atoms with Crippen LogP contribution in [0.4, 0.5) is 0 Å². The number of carboxylic acid groups (broad SMARTS) is 1. The summed E-state index contributed by atoms with van der Waals surface area (Å²) >= 11 is 0. The van der Waals surface area contributed by atoms with Crippen molar-refractivity contribution in [1.82, 2.24) is 14.7 Å². The van der Waals surface area contributed by atoms with Gasteiger partial charge in [0.25, 0.3) is 5.91 Å². The van der Waals surface area contributed by atoms with Crippen molar-refractivity contribution in [2.24, 2.45) is 5.73 Å². The van der Waals surface area contributed by atoms with Gasteiger partial charge in [-0.3, -0.25) is 9.59 Å². The van der Waals surface area contributed by atoms with Gasteiger partial charge in [0.15, 0.2) is 0 Å². The molecular formula is C14H16N4O4. The van der Waals surface area contributed by atoms with Gasteiger partial charge in [0.1, 0.15) is 11.7 Å². The molecule has 0 aliphatic carbocycles. The molecule has 22 heavy (non-hydrogen) atoms. The zero-order valence-electron chi connectivity index (χ0n) is 11.9. The third-order valence-corrected chi connectivity index (χ3v) is 3.13. The molecular weight excluding hydrogens is 288 g/mol. The van der Waals surface area contributed by atoms with Crippen LogP contribution in [0.2, 0.25) is 0 Å². The number of hydrogen-bond donors (Lipinski definition) is 3. The highest BCUT2D eigenvalue weighted by Gasteiger charge is 2.21. The van der Waals surface area contributed by atoms with Gasteiger partial charge in [-0.1, -0.05) is 0 Å². The number of aryl methyl sites for hydroxylation is 1. The Morgan fingerprint density at radius 3 is 2.82 bits per heavy atom. The number of rotatable bonds is 6. The molecule has 0 aliphatic rings. The molecule has 116 valence electrons. The van der Waals surface area contributed by atoms with E-state index in [-0.39, 0.29) is 12.8 Å². The van der Waals surface area contributed by atoms with Crippen molar-refractivity contribution in [2.75, 3.05) is 0 Å². The standard InChI is InChI=1S/C14H16N4O4/c1-8-7-18-5-4-9(6-12(18)16-8)13(20)17-10(14(21)22)2-3-11(15)19/h4-7,10H,2-3H2,1H3,(H2,15,19)(H,17,20)(H,21,22). The Hall–Kier alpha value is -2.90. The van der Waals surface area contributed by atoms with E-state index in [4.69, 9.17) is 10.8 Å². The van der Waals surface area contributed by atoms with Gasteiger partial charge >= 0.3 is 5.97 Å². The molecule has 4 N–H and O–H groups in total. The molecule has 0 saturated heterocycles. The third kappa shape index (κ3) is 3.60. The monoisotopic (exact) mass is 304 g/mol. The predicted octanol–water partition coefficient (Wildman–Crippen LogP) is 0.0912. The molecule has 0 aliphatic heterocycles. The van der Waals surface area contributed by atoms with Crippen LogP contribution in [0, 0.1) is 6.92 Å². The van der Waals surface area contributed by atoms with Crippen LogP contribution in [0.25, 0.3) is 5.65 Å². The molecule has 2 amide bonds. The zero-order valence-corrected chi connectivity index (χ0v) is 11.9. The fraction of sp³-hybridized carbons (Fsp3) is 0.286. The van der Waals surface area contributed by atoms with Crippen molar-refractivity contribution in [2.45, 2.75) is 25.8 Å². The number of carbonyl (C=O) groups excluding carboxylic acids is 2. The second-order valence-corrected chi connectivity index (χ2v) is 4.93. The normalized spacial score (nSPS) is 12.0. The number of nitrogens with zero attached hydrogens (tertiary/aromatic N) is 2. The molecule has 0 saturated carbocycles. The Balaban J connectivity index is 2.13. The second-order valence-electron chi connectivity index (χ2n) is 4.93. The van der Waals surface area contributed by atoms with Crippen LogP contribution >= 0.6 is 0 Å². The smallest absolute Gasteiger partial charge is 0.326 e. The molecule has 0 radical (unpaired) electrons. The van der Waals surface area contributed by atoms with Gasteiger partial charge in [-0.15, -0.1) is 0 Å². The molecule has 8 nitrogen and oxygen atoms in total. The van der Waals surface area contributed by atoms with Crippen LogP contribution in [-0.2, 0) is 9.59 Å². The summed E-state index contributed by atoms with van der Waals surface area (Å²) in [7, 11) is 0. The van der Waals surface area contributed by atoms with Gasteiger partial charge < -0.3 is 20.6 Å². The van der Waals surface area contributed by atoms with E-state index in [2.05, 4.69) is 10.3 Å². The molecule has 0 spiro atoms. The Bertz CT molecular complexity index is 738. The molecule has 8 heteroatoms. The van der Waals surface area contributed by atoms with Gasteiger partial charge in [-0.05, 0) is 25.5 Å². The van der Waals surface area contributed by atoms with Crippen LogP contribution in [0.3, 0.4) is 0 Å². The maximum absolute atomic E-state index is 12.1. The first kappa shape index (κ1) is 15.5. The van der Waals surface area contributed by atoms with E-state index in [1.54, 1.807) is 22.7 Å². The van der Waals surface area contributed by atoms with Crippen LogP contribution in [0.5, 0.6) is 0 Å². The minimum atomic E-state index is -1.22. The maximum atomic E-state index is 12.1. The maximum Gasteiger partial charge on any atom is 0.326 e. The van der Waals surface area contributed by atoms with Gasteiger partial charge in [-0.2, -0.15) is 0 Å². The summed E-state index contributed by atoms with van der Waals surface area (Å²) in [5.41, 5.74) is 6.69. The molecule has 2 rings (SSSR count). The highest BCUT2D eigenvalue weighted by Crippen LogP contribution is 2.09. The fourth-order valence-electron chi connectivity index (χ4n) is 2.04. The summed E-state index contributed by atoms with van der Waals surface area (Å²) in [6.45, 7) is 1.83. The number of hydrogen-bond acceptors (Lipinski definition) is 4. The number of carboxylic acids is 1. The van der Waals surface area contributed by atoms with E-state index in [9.17, 15) is 14.4 Å². The number of pyridine rings is 1. The summed E-state index contributed by atoms with van der Waals surface area (Å²) in [6, 6.07) is 1.96. The number of amides is 2. The zero-order chi connectivity index (χ0) is 16.3. The summed E-state index contributed by atoms with van der Waals surface area (Å²) < 4.78 is 1.76. The Kier molecular flexibility index (Phi) is 4.40. The van der Waals surface area contributed by atoms with E-state index in [0.29, 0.717) is 11.2 Å². The SMILES string of the molecule is Cc1cn2ccc(C(=O)NC(CCC(N)=O)C(=O)O)cc2n1. The lowest BCUT2D eigenvalue weighted by atomic mass is 10.1. The van der Waals surface area contributed by atoms with E-state index < -0.39 is 23.8 Å². The van der Waals surface area contributed by atoms with Crippen LogP contribution < -0.4 is 11.1 Å². The van der Waals surface area contributed by atoms with E-state index in [1.807, 2.05) is 13.1 Å². The molecule has 0 fully saturated rings. The largest absolute Gasteiger partial charge is 0.480 e. The molecule has 0 aromatic carbocycles. The van der Waals surface area contributed by atoms with E-state index in [0.717, 1.165) is 5.69 Å². The Labute approximate surface area is 125 Å². The topological polar surface area (TPSA) is 127 Å². The molecule has 2 heterocycles. The molecule has 2 aromatic rings. The summed E-state index contributed by atoms with van der Waals surface area (Å²) in [5.74, 6) is -2.37. The first-order chi connectivity index (χ1) is 10.4. The number of carbonyl (C=O) groups is 3. The molecule has 1 unspecified atom stereocenters. The third-order valence-electron chi connectivity index (χ3n) is 3.13. The predicted molar refractivity (Wildman–Crippen MR) is 77.2 cm³/mol. The molecule has 1 atom stereocenters. The number of primary amides is 1. The van der Waals surface area contributed by atoms with Crippen LogP contribution in [0.15, 0.2) is 24.5 Å². The van der Waals surface area contributed by atoms with Crippen molar-refractivity contribution in [3.8, 4) is 0 Å². The number of fused-ring (bicyclic) bond motifs is 1. The number of aliphatic carboxylic acids is 1. The Morgan fingerprint density at radius 1 is 1.45 bits per heavy atom. The lowest BCUT2D eigenvalue weighted by Gasteiger charge is -2.13. The summed E-state index contributed by atoms with van der Waals surface area (Å²) in [5, 5.41) is 11.5. The van der Waals surface area contributed by atoms with Crippen molar-refractivity contribution >= 4 is 23.4 Å². The Morgan fingerprint density at radius 2 is 2.18 bits per heavy atom. The van der Waals surface area contributed by atoms with Crippen molar-refractivity contribution in [1.29, 1.82) is 0 Å². The van der Waals surface area contributed by atoms with E-state index >= 15 is 0 Å². The number of aromatic nitrogens is 2. The van der Waals surface area contributed by atoms with Gasteiger partial charge in [0.2, 0.25) is 5.91 Å². The van der Waals surface area contributed by atoms with Crippen molar-refractivity contribution in [3.63, 3.8) is 0 Å². The van der Waals surface area contributed by atoms with Crippen LogP contribution in [-0.4, -0.2) is 38.3 Å². The summed E-state index contributed by atoms with van der Waals surface area (Å²) in [6.07, 6.45) is 3.31. The number of nitrogens with two attached hydrogens (primary N) is 1. The first-order valence-corrected chi connectivity index (χ1v) is 6.64. The molecule has 0 bridgehead atoms. The van der Waals surface area contributed by atoms with Gasteiger partial charge in [-0.25, -0.2) is 9.78 Å². The highest BCUT2D eigenvalue weighted by molar-refractivity contribution is 5.97. The number of imidazole rings is 1. The van der Waals surface area contributed by atoms with Gasteiger partial charge in [0.05, 0.1) is 5.69 Å². The average molecular weight is 304 g/mol. The average Bonchev–Trinajstić information content (AvgIpc) is 2.81. The van der Waals surface area contributed by atoms with Crippen molar-refractivity contribution in [3.05, 3.63) is 35.8 Å². The first-order valence-electron chi connectivity index (χ1n) is 6.64. The van der Waals surface area contributed by atoms with Crippen LogP contribution in [0.1, 0.15) is 28.9 Å². The van der Waals surface area contributed by atoms with Crippen molar-refractivity contribution < 1.29 is 19.5 Å². The lowest BCUT2D eigenvalue weighted by Crippen LogP contribution is -2.41. The highest BCUT2D eigenvalue weighted by atomic mass is 16.4. The molecule has 2 aromatic heterocycles. The lowest BCUT2D eigenvalue weighted by molar-refractivity contribution is -0.139. The fourth-order valence-corrected chi connectivity index (χ4v) is 2.04. The second kappa shape index (κ2) is 6.25. The minimum Gasteiger partial charge on any atom is -0.480 e. The number of nitrogens with one attached hydrogen (secondary N) is 1. The quantitative estimate of drug-likeness (QED) is 0.697.